The monoisotopic (exact) mass is 352 g/mol. The van der Waals surface area contributed by atoms with Gasteiger partial charge in [-0.3, -0.25) is 13.9 Å². The van der Waals surface area contributed by atoms with E-state index in [0.29, 0.717) is 5.56 Å². The van der Waals surface area contributed by atoms with Crippen LogP contribution in [0.4, 0.5) is 13.2 Å². The van der Waals surface area contributed by atoms with E-state index in [1.807, 2.05) is 0 Å². The maximum atomic E-state index is 13.5. The topological polar surface area (TPSA) is 59.6 Å². The zero-order valence-electron chi connectivity index (χ0n) is 13.5. The van der Waals surface area contributed by atoms with E-state index in [1.54, 1.807) is 30.3 Å². The van der Waals surface area contributed by atoms with Gasteiger partial charge in [-0.05, 0) is 5.56 Å². The van der Waals surface area contributed by atoms with Crippen molar-refractivity contribution in [2.75, 3.05) is 0 Å². The molecule has 0 spiro atoms. The molecule has 2 aromatic rings. The van der Waals surface area contributed by atoms with Crippen molar-refractivity contribution in [1.29, 1.82) is 0 Å². The van der Waals surface area contributed by atoms with Crippen LogP contribution in [-0.2, 0) is 20.6 Å². The molecule has 0 bridgehead atoms. The van der Waals surface area contributed by atoms with E-state index < -0.39 is 23.6 Å². The maximum absolute atomic E-state index is 13.5. The molecule has 132 valence electrons. The molecule has 0 N–H and O–H groups in total. The number of rotatable bonds is 2. The second-order valence-corrected chi connectivity index (χ2v) is 5.77. The second-order valence-electron chi connectivity index (χ2n) is 5.77. The van der Waals surface area contributed by atoms with Gasteiger partial charge in [-0.1, -0.05) is 30.3 Å². The molecule has 0 aliphatic carbocycles. The Labute approximate surface area is 139 Å². The van der Waals surface area contributed by atoms with E-state index in [9.17, 15) is 22.8 Å². The van der Waals surface area contributed by atoms with Crippen LogP contribution in [-0.4, -0.2) is 26.4 Å². The summed E-state index contributed by atoms with van der Waals surface area (Å²) >= 11 is 0. The zero-order chi connectivity index (χ0) is 18.4. The molecule has 0 amide bonds. The van der Waals surface area contributed by atoms with E-state index in [4.69, 9.17) is 0 Å². The fraction of sp³-hybridized carbons (Fsp3) is 0.312. The highest BCUT2D eigenvalue weighted by Crippen LogP contribution is 2.27. The molecule has 1 aromatic carbocycles. The molecule has 25 heavy (non-hydrogen) atoms. The minimum absolute atomic E-state index is 0.0407. The van der Waals surface area contributed by atoms with E-state index in [0.717, 1.165) is 20.2 Å². The van der Waals surface area contributed by atoms with Gasteiger partial charge in [-0.25, -0.2) is 9.79 Å². The largest absolute Gasteiger partial charge is 0.429 e. The van der Waals surface area contributed by atoms with Crippen LogP contribution < -0.4 is 22.0 Å². The molecule has 0 radical (unpaired) electrons. The summed E-state index contributed by atoms with van der Waals surface area (Å²) in [6.07, 6.45) is -5.69. The van der Waals surface area contributed by atoms with Crippen molar-refractivity contribution in [2.45, 2.75) is 18.9 Å². The molecule has 1 aromatic heterocycles. The smallest absolute Gasteiger partial charge is 0.343 e. The fourth-order valence-electron chi connectivity index (χ4n) is 2.74. The van der Waals surface area contributed by atoms with Gasteiger partial charge in [0, 0.05) is 26.8 Å². The number of halogens is 3. The Bertz CT molecular complexity index is 1040. The summed E-state index contributed by atoms with van der Waals surface area (Å²) in [4.78, 5) is 28.9. The van der Waals surface area contributed by atoms with Gasteiger partial charge in [0.15, 0.2) is 0 Å². The van der Waals surface area contributed by atoms with Crippen molar-refractivity contribution in [3.8, 4) is 0 Å². The van der Waals surface area contributed by atoms with Crippen LogP contribution in [0.15, 0.2) is 44.9 Å². The molecule has 0 saturated heterocycles. The Balaban J connectivity index is 2.25. The van der Waals surface area contributed by atoms with Crippen LogP contribution in [0.2, 0.25) is 0 Å². The van der Waals surface area contributed by atoms with Gasteiger partial charge in [0.25, 0.3) is 5.56 Å². The summed E-state index contributed by atoms with van der Waals surface area (Å²) in [5.41, 5.74) is -1.02. The first-order chi connectivity index (χ1) is 11.7. The lowest BCUT2D eigenvalue weighted by atomic mass is 10.2. The predicted octanol–water partition coefficient (Wildman–Crippen LogP) is -0.154. The number of hydrogen-bond donors (Lipinski definition) is 0. The molecule has 1 atom stereocenters. The van der Waals surface area contributed by atoms with Crippen molar-refractivity contribution >= 4 is 6.20 Å². The molecule has 3 rings (SSSR count). The van der Waals surface area contributed by atoms with Crippen LogP contribution in [0.3, 0.4) is 0 Å². The van der Waals surface area contributed by atoms with E-state index in [2.05, 4.69) is 4.99 Å². The second kappa shape index (κ2) is 5.91. The van der Waals surface area contributed by atoms with Crippen molar-refractivity contribution in [3.63, 3.8) is 0 Å². The number of aromatic nitrogens is 2. The lowest BCUT2D eigenvalue weighted by Crippen LogP contribution is -2.61. The van der Waals surface area contributed by atoms with E-state index >= 15 is 0 Å². The Hall–Kier alpha value is -2.84. The van der Waals surface area contributed by atoms with Gasteiger partial charge in [-0.15, -0.1) is 0 Å². The van der Waals surface area contributed by atoms with Crippen molar-refractivity contribution < 1.29 is 13.2 Å². The number of fused-ring (bicyclic) bond motifs is 1. The average molecular weight is 352 g/mol. The number of hydrogen-bond acceptors (Lipinski definition) is 4. The van der Waals surface area contributed by atoms with Crippen molar-refractivity contribution in [3.05, 3.63) is 67.4 Å². The Morgan fingerprint density at radius 2 is 1.72 bits per heavy atom. The summed E-state index contributed by atoms with van der Waals surface area (Å²) in [7, 11) is 2.56. The number of benzene rings is 1. The molecule has 0 fully saturated rings. The molecular weight excluding hydrogens is 337 g/mol. The lowest BCUT2D eigenvalue weighted by Gasteiger charge is -2.31. The summed E-state index contributed by atoms with van der Waals surface area (Å²) in [5.74, 6) is 0. The van der Waals surface area contributed by atoms with Crippen LogP contribution in [0, 0.1) is 0 Å². The van der Waals surface area contributed by atoms with Gasteiger partial charge in [0.05, 0.1) is 5.22 Å². The highest BCUT2D eigenvalue weighted by molar-refractivity contribution is 5.26. The van der Waals surface area contributed by atoms with E-state index in [1.165, 1.54) is 14.1 Å². The summed E-state index contributed by atoms with van der Waals surface area (Å²) in [6.45, 7) is -0.0695. The van der Waals surface area contributed by atoms with Gasteiger partial charge in [0.1, 0.15) is 5.49 Å². The fourth-order valence-corrected chi connectivity index (χ4v) is 2.74. The molecule has 1 unspecified atom stereocenters. The minimum atomic E-state index is -4.65. The standard InChI is InChI=1S/C16H15F3N4O2/c1-21-12-11(13(24)22(2)15(21)25)9-23(14(20-12)16(17,18)19)8-10-6-4-3-5-7-10/h3-7,9,14H,8H2,1-2H3. The predicted molar refractivity (Wildman–Crippen MR) is 84.0 cm³/mol. The van der Waals surface area contributed by atoms with Crippen molar-refractivity contribution in [2.24, 2.45) is 19.1 Å². The highest BCUT2D eigenvalue weighted by Gasteiger charge is 2.44. The van der Waals surface area contributed by atoms with Gasteiger partial charge < -0.3 is 4.90 Å². The Kier molecular flexibility index (Phi) is 4.02. The van der Waals surface area contributed by atoms with Gasteiger partial charge >= 0.3 is 11.9 Å². The first-order valence-electron chi connectivity index (χ1n) is 7.42. The lowest BCUT2D eigenvalue weighted by molar-refractivity contribution is -0.175. The Morgan fingerprint density at radius 1 is 1.08 bits per heavy atom. The molecule has 6 nitrogen and oxygen atoms in total. The maximum Gasteiger partial charge on any atom is 0.429 e. The quantitative estimate of drug-likeness (QED) is 0.755. The first-order valence-corrected chi connectivity index (χ1v) is 7.42. The number of alkyl halides is 3. The summed E-state index contributed by atoms with van der Waals surface area (Å²) in [6, 6.07) is 8.58. The van der Waals surface area contributed by atoms with Gasteiger partial charge in [-0.2, -0.15) is 13.2 Å². The van der Waals surface area contributed by atoms with E-state index in [-0.39, 0.29) is 17.3 Å². The molecular formula is C16H15F3N4O2. The zero-order valence-corrected chi connectivity index (χ0v) is 13.5. The normalized spacial score (nSPS) is 16.8. The van der Waals surface area contributed by atoms with Crippen LogP contribution in [0.5, 0.6) is 0 Å². The van der Waals surface area contributed by atoms with Crippen LogP contribution in [0.25, 0.3) is 6.20 Å². The molecule has 0 saturated carbocycles. The van der Waals surface area contributed by atoms with Crippen molar-refractivity contribution in [1.82, 2.24) is 14.0 Å². The molecule has 2 heterocycles. The molecule has 9 heteroatoms. The molecule has 1 aliphatic rings. The third-order valence-electron chi connectivity index (χ3n) is 4.02. The SMILES string of the molecule is Cn1c(=O)c2c(n(C)c1=O)=NC(C(F)(F)F)N(Cc1ccccc1)C=2. The highest BCUT2D eigenvalue weighted by atomic mass is 19.4. The van der Waals surface area contributed by atoms with Crippen LogP contribution >= 0.6 is 0 Å². The first kappa shape index (κ1) is 17.0. The average Bonchev–Trinajstić information content (AvgIpc) is 2.57. The molecule has 1 aliphatic heterocycles. The summed E-state index contributed by atoms with van der Waals surface area (Å²) in [5, 5.41) is -0.0407. The van der Waals surface area contributed by atoms with Crippen LogP contribution in [0.1, 0.15) is 5.56 Å². The Morgan fingerprint density at radius 3 is 2.32 bits per heavy atom. The number of nitrogens with zero attached hydrogens (tertiary/aromatic N) is 4. The third-order valence-corrected chi connectivity index (χ3v) is 4.02. The summed E-state index contributed by atoms with van der Waals surface area (Å²) < 4.78 is 42.2. The third kappa shape index (κ3) is 2.97. The minimum Gasteiger partial charge on any atom is -0.343 e. The van der Waals surface area contributed by atoms with Gasteiger partial charge in [0.2, 0.25) is 6.17 Å².